The molecule has 6 heteroatoms. The number of anilines is 1. The molecule has 2 N–H and O–H groups in total. The van der Waals surface area contributed by atoms with Gasteiger partial charge in [-0.1, -0.05) is 0 Å². The van der Waals surface area contributed by atoms with Gasteiger partial charge in [-0.3, -0.25) is 0 Å². The number of aromatic carboxylic acids is 1. The molecule has 0 radical (unpaired) electrons. The van der Waals surface area contributed by atoms with Gasteiger partial charge in [-0.25, -0.2) is 4.79 Å². The Morgan fingerprint density at radius 1 is 1.33 bits per heavy atom. The van der Waals surface area contributed by atoms with E-state index in [4.69, 9.17) is 14.6 Å². The Bertz CT molecular complexity index is 624. The predicted molar refractivity (Wildman–Crippen MR) is 82.8 cm³/mol. The van der Waals surface area contributed by atoms with Crippen molar-refractivity contribution in [2.24, 2.45) is 0 Å². The fourth-order valence-corrected chi connectivity index (χ4v) is 2.63. The van der Waals surface area contributed by atoms with E-state index < -0.39 is 5.97 Å². The van der Waals surface area contributed by atoms with Crippen LogP contribution in [0.4, 0.5) is 5.69 Å². The molecule has 0 fully saturated rings. The molecule has 2 rings (SSSR count). The first kappa shape index (κ1) is 15.2. The summed E-state index contributed by atoms with van der Waals surface area (Å²) in [6.45, 7) is 3.04. The topological polar surface area (TPSA) is 67.8 Å². The minimum Gasteiger partial charge on any atom is -0.493 e. The van der Waals surface area contributed by atoms with Crippen LogP contribution < -0.4 is 14.8 Å². The highest BCUT2D eigenvalue weighted by atomic mass is 32.1. The van der Waals surface area contributed by atoms with Crippen molar-refractivity contribution >= 4 is 23.0 Å². The van der Waals surface area contributed by atoms with Crippen LogP contribution in [-0.4, -0.2) is 24.8 Å². The molecule has 0 amide bonds. The molecule has 0 atom stereocenters. The Morgan fingerprint density at radius 2 is 2.14 bits per heavy atom. The predicted octanol–water partition coefficient (Wildman–Crippen LogP) is 3.47. The minimum atomic E-state index is -0.902. The van der Waals surface area contributed by atoms with Gasteiger partial charge in [0.15, 0.2) is 11.5 Å². The molecule has 0 aliphatic rings. The largest absolute Gasteiger partial charge is 0.493 e. The number of thiophene rings is 1. The molecule has 0 unspecified atom stereocenters. The maximum atomic E-state index is 10.8. The molecule has 0 spiro atoms. The number of benzene rings is 1. The SMILES string of the molecule is CCOc1cc(NCc2cc(C(=O)O)cs2)ccc1OC. The summed E-state index contributed by atoms with van der Waals surface area (Å²) in [6, 6.07) is 7.28. The van der Waals surface area contributed by atoms with Crippen LogP contribution in [0.25, 0.3) is 0 Å². The fraction of sp³-hybridized carbons (Fsp3) is 0.267. The number of hydrogen-bond acceptors (Lipinski definition) is 5. The van der Waals surface area contributed by atoms with Crippen LogP contribution in [0.1, 0.15) is 22.2 Å². The van der Waals surface area contributed by atoms with Gasteiger partial charge < -0.3 is 19.9 Å². The van der Waals surface area contributed by atoms with Crippen LogP contribution in [0.3, 0.4) is 0 Å². The summed E-state index contributed by atoms with van der Waals surface area (Å²) >= 11 is 1.42. The van der Waals surface area contributed by atoms with E-state index >= 15 is 0 Å². The quantitative estimate of drug-likeness (QED) is 0.820. The van der Waals surface area contributed by atoms with Crippen LogP contribution in [0.15, 0.2) is 29.6 Å². The molecule has 0 saturated heterocycles. The second-order valence-electron chi connectivity index (χ2n) is 4.26. The van der Waals surface area contributed by atoms with Crippen molar-refractivity contribution in [1.82, 2.24) is 0 Å². The summed E-state index contributed by atoms with van der Waals surface area (Å²) in [5, 5.41) is 13.8. The van der Waals surface area contributed by atoms with Gasteiger partial charge in [-0.15, -0.1) is 11.3 Å². The van der Waals surface area contributed by atoms with E-state index in [0.717, 1.165) is 10.6 Å². The van der Waals surface area contributed by atoms with Gasteiger partial charge in [-0.2, -0.15) is 0 Å². The molecular weight excluding hydrogens is 290 g/mol. The highest BCUT2D eigenvalue weighted by molar-refractivity contribution is 7.10. The van der Waals surface area contributed by atoms with Crippen LogP contribution in [-0.2, 0) is 6.54 Å². The Hall–Kier alpha value is -2.21. The zero-order valence-electron chi connectivity index (χ0n) is 11.9. The van der Waals surface area contributed by atoms with Crippen molar-refractivity contribution < 1.29 is 19.4 Å². The number of hydrogen-bond donors (Lipinski definition) is 2. The molecular formula is C15H17NO4S. The van der Waals surface area contributed by atoms with Gasteiger partial charge in [0.25, 0.3) is 0 Å². The van der Waals surface area contributed by atoms with E-state index in [2.05, 4.69) is 5.32 Å². The number of methoxy groups -OCH3 is 1. The molecule has 2 aromatic rings. The first-order chi connectivity index (χ1) is 10.1. The molecule has 1 aromatic heterocycles. The van der Waals surface area contributed by atoms with Crippen molar-refractivity contribution in [2.75, 3.05) is 19.0 Å². The third kappa shape index (κ3) is 3.88. The molecule has 0 saturated carbocycles. The first-order valence-corrected chi connectivity index (χ1v) is 7.37. The Balaban J connectivity index is 2.05. The zero-order chi connectivity index (χ0) is 15.2. The molecule has 0 bridgehead atoms. The molecule has 1 aromatic carbocycles. The van der Waals surface area contributed by atoms with E-state index in [1.165, 1.54) is 11.3 Å². The summed E-state index contributed by atoms with van der Waals surface area (Å²) < 4.78 is 10.7. The molecule has 0 aliphatic heterocycles. The third-order valence-electron chi connectivity index (χ3n) is 2.83. The average Bonchev–Trinajstić information content (AvgIpc) is 2.95. The average molecular weight is 307 g/mol. The van der Waals surface area contributed by atoms with Gasteiger partial charge >= 0.3 is 5.97 Å². The van der Waals surface area contributed by atoms with Crippen molar-refractivity contribution in [1.29, 1.82) is 0 Å². The molecule has 21 heavy (non-hydrogen) atoms. The Morgan fingerprint density at radius 3 is 2.76 bits per heavy atom. The number of carboxylic acid groups (broad SMARTS) is 1. The fourth-order valence-electron chi connectivity index (χ4n) is 1.83. The first-order valence-electron chi connectivity index (χ1n) is 6.49. The van der Waals surface area contributed by atoms with E-state index in [0.29, 0.717) is 30.2 Å². The van der Waals surface area contributed by atoms with Crippen molar-refractivity contribution in [3.05, 3.63) is 40.1 Å². The summed E-state index contributed by atoms with van der Waals surface area (Å²) in [4.78, 5) is 11.8. The lowest BCUT2D eigenvalue weighted by Gasteiger charge is -2.12. The molecule has 5 nitrogen and oxygen atoms in total. The van der Waals surface area contributed by atoms with Gasteiger partial charge in [0, 0.05) is 28.6 Å². The van der Waals surface area contributed by atoms with E-state index in [1.54, 1.807) is 18.6 Å². The lowest BCUT2D eigenvalue weighted by molar-refractivity contribution is 0.0697. The molecule has 112 valence electrons. The normalized spacial score (nSPS) is 10.2. The highest BCUT2D eigenvalue weighted by Crippen LogP contribution is 2.30. The molecule has 1 heterocycles. The summed E-state index contributed by atoms with van der Waals surface area (Å²) in [5.74, 6) is 0.467. The van der Waals surface area contributed by atoms with Gasteiger partial charge in [0.05, 0.1) is 19.3 Å². The van der Waals surface area contributed by atoms with Crippen molar-refractivity contribution in [3.8, 4) is 11.5 Å². The second kappa shape index (κ2) is 6.99. The van der Waals surface area contributed by atoms with Crippen molar-refractivity contribution in [2.45, 2.75) is 13.5 Å². The summed E-state index contributed by atoms with van der Waals surface area (Å²) in [5.41, 5.74) is 1.21. The number of rotatable bonds is 7. The number of carbonyl (C=O) groups is 1. The van der Waals surface area contributed by atoms with E-state index in [-0.39, 0.29) is 0 Å². The Labute approximate surface area is 127 Å². The highest BCUT2D eigenvalue weighted by Gasteiger charge is 2.08. The van der Waals surface area contributed by atoms with Crippen LogP contribution in [0.5, 0.6) is 11.5 Å². The lowest BCUT2D eigenvalue weighted by atomic mass is 10.2. The second-order valence-corrected chi connectivity index (χ2v) is 5.25. The minimum absolute atomic E-state index is 0.321. The smallest absolute Gasteiger partial charge is 0.336 e. The maximum Gasteiger partial charge on any atom is 0.336 e. The zero-order valence-corrected chi connectivity index (χ0v) is 12.7. The van der Waals surface area contributed by atoms with Gasteiger partial charge in [0.2, 0.25) is 0 Å². The number of ether oxygens (including phenoxy) is 2. The Kier molecular flexibility index (Phi) is 5.05. The van der Waals surface area contributed by atoms with Gasteiger partial charge in [0.1, 0.15) is 0 Å². The summed E-state index contributed by atoms with van der Waals surface area (Å²) in [7, 11) is 1.60. The lowest BCUT2D eigenvalue weighted by Crippen LogP contribution is -2.00. The van der Waals surface area contributed by atoms with Crippen molar-refractivity contribution in [3.63, 3.8) is 0 Å². The van der Waals surface area contributed by atoms with Gasteiger partial charge in [-0.05, 0) is 25.1 Å². The standard InChI is InChI=1S/C15H17NO4S/c1-3-20-14-7-11(4-5-13(14)19-2)16-8-12-6-10(9-21-12)15(17)18/h4-7,9,16H,3,8H2,1-2H3,(H,17,18). The molecule has 0 aliphatic carbocycles. The van der Waals surface area contributed by atoms with E-state index in [9.17, 15) is 4.79 Å². The van der Waals surface area contributed by atoms with E-state index in [1.807, 2.05) is 25.1 Å². The number of carboxylic acids is 1. The third-order valence-corrected chi connectivity index (χ3v) is 3.77. The maximum absolute atomic E-state index is 10.8. The number of nitrogens with one attached hydrogen (secondary N) is 1. The van der Waals surface area contributed by atoms with Crippen LogP contribution in [0, 0.1) is 0 Å². The monoisotopic (exact) mass is 307 g/mol. The van der Waals surface area contributed by atoms with Crippen LogP contribution >= 0.6 is 11.3 Å². The summed E-state index contributed by atoms with van der Waals surface area (Å²) in [6.07, 6.45) is 0. The van der Waals surface area contributed by atoms with Crippen LogP contribution in [0.2, 0.25) is 0 Å².